The number of allylic oxidation sites excluding steroid dienone is 1. The monoisotopic (exact) mass is 414 g/mol. The van der Waals surface area contributed by atoms with E-state index < -0.39 is 5.60 Å². The number of fused-ring (bicyclic) bond motifs is 5. The number of aliphatic hydroxyl groups is 2. The van der Waals surface area contributed by atoms with Crippen LogP contribution < -0.4 is 0 Å². The van der Waals surface area contributed by atoms with Crippen molar-refractivity contribution in [1.82, 2.24) is 0 Å². The molecule has 30 heavy (non-hydrogen) atoms. The molecule has 4 aliphatic carbocycles. The summed E-state index contributed by atoms with van der Waals surface area (Å²) in [6, 6.07) is 0. The van der Waals surface area contributed by atoms with E-state index in [1.54, 1.807) is 5.57 Å². The largest absolute Gasteiger partial charge is 0.393 e. The molecule has 2 nitrogen and oxygen atoms in total. The molecule has 0 saturated heterocycles. The Hall–Kier alpha value is -0.600. The average molecular weight is 415 g/mol. The molecule has 0 aliphatic heterocycles. The Bertz CT molecular complexity index is 700. The van der Waals surface area contributed by atoms with Gasteiger partial charge in [-0.25, -0.2) is 0 Å². The molecule has 0 aromatic heterocycles. The van der Waals surface area contributed by atoms with Crippen LogP contribution in [0.3, 0.4) is 0 Å². The fourth-order valence-corrected chi connectivity index (χ4v) is 8.53. The standard InChI is InChI=1S/C28H46O2/c1-18(7-8-19(2)26(3,4)30)23-11-12-24-22-10-9-20-17-21(29)13-15-27(20,5)25(22)14-16-28(23,24)6/h9,18,21-25,29-30H,2,7-8,10-17H2,1,3-6H3/t18-,21+,22+,23-,24+,25+,27+,28-/m1/s1. The Kier molecular flexibility index (Phi) is 5.85. The fourth-order valence-electron chi connectivity index (χ4n) is 8.53. The molecule has 0 spiro atoms. The lowest BCUT2D eigenvalue weighted by molar-refractivity contribution is -0.0572. The van der Waals surface area contributed by atoms with Crippen molar-refractivity contribution in [3.8, 4) is 0 Å². The van der Waals surface area contributed by atoms with Crippen LogP contribution >= 0.6 is 0 Å². The number of rotatable bonds is 5. The average Bonchev–Trinajstić information content (AvgIpc) is 3.03. The van der Waals surface area contributed by atoms with Crippen molar-refractivity contribution in [3.63, 3.8) is 0 Å². The van der Waals surface area contributed by atoms with E-state index in [9.17, 15) is 10.2 Å². The smallest absolute Gasteiger partial charge is 0.0798 e. The van der Waals surface area contributed by atoms with E-state index in [4.69, 9.17) is 0 Å². The van der Waals surface area contributed by atoms with Crippen molar-refractivity contribution in [2.45, 2.75) is 111 Å². The summed E-state index contributed by atoms with van der Waals surface area (Å²) in [5.41, 5.74) is 2.63. The van der Waals surface area contributed by atoms with Gasteiger partial charge in [-0.3, -0.25) is 0 Å². The molecule has 0 amide bonds. The zero-order valence-corrected chi connectivity index (χ0v) is 20.2. The van der Waals surface area contributed by atoms with Crippen molar-refractivity contribution < 1.29 is 10.2 Å². The maximum absolute atomic E-state index is 10.2. The number of hydrogen-bond donors (Lipinski definition) is 2. The lowest BCUT2D eigenvalue weighted by atomic mass is 9.47. The lowest BCUT2D eigenvalue weighted by Crippen LogP contribution is -2.50. The lowest BCUT2D eigenvalue weighted by Gasteiger charge is -2.58. The summed E-state index contributed by atoms with van der Waals surface area (Å²) < 4.78 is 0. The molecule has 0 unspecified atom stereocenters. The minimum Gasteiger partial charge on any atom is -0.393 e. The Morgan fingerprint density at radius 2 is 1.90 bits per heavy atom. The van der Waals surface area contributed by atoms with Gasteiger partial charge in [0.1, 0.15) is 0 Å². The van der Waals surface area contributed by atoms with E-state index in [2.05, 4.69) is 33.4 Å². The van der Waals surface area contributed by atoms with Crippen LogP contribution in [0.25, 0.3) is 0 Å². The molecule has 0 heterocycles. The molecular weight excluding hydrogens is 368 g/mol. The Balaban J connectivity index is 1.48. The first-order chi connectivity index (χ1) is 14.0. The number of aliphatic hydroxyl groups excluding tert-OH is 1. The van der Waals surface area contributed by atoms with Crippen molar-refractivity contribution in [3.05, 3.63) is 23.8 Å². The zero-order chi connectivity index (χ0) is 21.9. The highest BCUT2D eigenvalue weighted by Gasteiger charge is 2.59. The van der Waals surface area contributed by atoms with Crippen molar-refractivity contribution >= 4 is 0 Å². The maximum atomic E-state index is 10.2. The first-order valence-electron chi connectivity index (χ1n) is 12.7. The quantitative estimate of drug-likeness (QED) is 0.493. The first kappa shape index (κ1) is 22.6. The Morgan fingerprint density at radius 1 is 1.17 bits per heavy atom. The third kappa shape index (κ3) is 3.64. The van der Waals surface area contributed by atoms with Gasteiger partial charge in [0, 0.05) is 0 Å². The summed E-state index contributed by atoms with van der Waals surface area (Å²) in [7, 11) is 0. The van der Waals surface area contributed by atoms with Crippen molar-refractivity contribution in [2.75, 3.05) is 0 Å². The minimum atomic E-state index is -0.755. The third-order valence-corrected chi connectivity index (χ3v) is 10.6. The molecular formula is C28H46O2. The van der Waals surface area contributed by atoms with Gasteiger partial charge in [0.25, 0.3) is 0 Å². The van der Waals surface area contributed by atoms with Crippen LogP contribution in [-0.4, -0.2) is 21.9 Å². The van der Waals surface area contributed by atoms with Crippen LogP contribution in [0.2, 0.25) is 0 Å². The van der Waals surface area contributed by atoms with Crippen LogP contribution in [0, 0.1) is 40.4 Å². The molecule has 3 fully saturated rings. The van der Waals surface area contributed by atoms with Gasteiger partial charge in [-0.05, 0) is 124 Å². The summed E-state index contributed by atoms with van der Waals surface area (Å²) in [6.07, 6.45) is 14.4. The summed E-state index contributed by atoms with van der Waals surface area (Å²) in [4.78, 5) is 0. The van der Waals surface area contributed by atoms with Gasteiger partial charge in [0.05, 0.1) is 11.7 Å². The molecule has 170 valence electrons. The molecule has 3 saturated carbocycles. The second-order valence-electron chi connectivity index (χ2n) is 12.6. The predicted octanol–water partition coefficient (Wildman–Crippen LogP) is 6.67. The van der Waals surface area contributed by atoms with E-state index in [1.807, 2.05) is 13.8 Å². The van der Waals surface area contributed by atoms with Gasteiger partial charge in [-0.1, -0.05) is 39.0 Å². The fraction of sp³-hybridized carbons (Fsp3) is 0.857. The van der Waals surface area contributed by atoms with Gasteiger partial charge >= 0.3 is 0 Å². The van der Waals surface area contributed by atoms with E-state index >= 15 is 0 Å². The van der Waals surface area contributed by atoms with Crippen LogP contribution in [0.4, 0.5) is 0 Å². The van der Waals surface area contributed by atoms with E-state index in [0.29, 0.717) is 16.7 Å². The first-order valence-corrected chi connectivity index (χ1v) is 12.7. The molecule has 0 bridgehead atoms. The summed E-state index contributed by atoms with van der Waals surface area (Å²) in [5, 5.41) is 20.5. The molecule has 2 N–H and O–H groups in total. The molecule has 4 aliphatic rings. The Labute approximate surface area is 185 Å². The topological polar surface area (TPSA) is 40.5 Å². The van der Waals surface area contributed by atoms with Gasteiger partial charge in [-0.2, -0.15) is 0 Å². The van der Waals surface area contributed by atoms with E-state index in [1.165, 1.54) is 38.5 Å². The molecule has 0 aromatic carbocycles. The van der Waals surface area contributed by atoms with Crippen LogP contribution in [0.5, 0.6) is 0 Å². The molecule has 0 radical (unpaired) electrons. The molecule has 8 atom stereocenters. The third-order valence-electron chi connectivity index (χ3n) is 10.6. The maximum Gasteiger partial charge on any atom is 0.0798 e. The van der Waals surface area contributed by atoms with Gasteiger partial charge < -0.3 is 10.2 Å². The Morgan fingerprint density at radius 3 is 2.60 bits per heavy atom. The van der Waals surface area contributed by atoms with Crippen LogP contribution in [0.15, 0.2) is 23.8 Å². The van der Waals surface area contributed by atoms with Crippen molar-refractivity contribution in [1.29, 1.82) is 0 Å². The molecule has 0 aromatic rings. The summed E-state index contributed by atoms with van der Waals surface area (Å²) in [5.74, 6) is 4.04. The van der Waals surface area contributed by atoms with Gasteiger partial charge in [0.2, 0.25) is 0 Å². The minimum absolute atomic E-state index is 0.106. The summed E-state index contributed by atoms with van der Waals surface area (Å²) >= 11 is 0. The molecule has 4 rings (SSSR count). The SMILES string of the molecule is C=C(CC[C@@H](C)[C@H]1CC[C@H]2[C@@H]3CC=C4C[C@@H](O)CC[C@]4(C)[C@H]3CC[C@]12C)C(C)(C)O. The van der Waals surface area contributed by atoms with Crippen LogP contribution in [0.1, 0.15) is 98.8 Å². The highest BCUT2D eigenvalue weighted by atomic mass is 16.3. The van der Waals surface area contributed by atoms with Gasteiger partial charge in [-0.15, -0.1) is 0 Å². The number of hydrogen-bond acceptors (Lipinski definition) is 2. The predicted molar refractivity (Wildman–Crippen MR) is 125 cm³/mol. The van der Waals surface area contributed by atoms with Gasteiger partial charge in [0.15, 0.2) is 0 Å². The van der Waals surface area contributed by atoms with E-state index in [0.717, 1.165) is 54.9 Å². The summed E-state index contributed by atoms with van der Waals surface area (Å²) in [6.45, 7) is 15.5. The molecule has 2 heteroatoms. The second kappa shape index (κ2) is 7.77. The second-order valence-corrected chi connectivity index (χ2v) is 12.6. The highest BCUT2D eigenvalue weighted by Crippen LogP contribution is 2.67. The zero-order valence-electron chi connectivity index (χ0n) is 20.2. The van der Waals surface area contributed by atoms with Crippen LogP contribution in [-0.2, 0) is 0 Å². The normalized spacial score (nSPS) is 44.5. The highest BCUT2D eigenvalue weighted by molar-refractivity contribution is 5.25. The van der Waals surface area contributed by atoms with E-state index in [-0.39, 0.29) is 6.10 Å². The van der Waals surface area contributed by atoms with Crippen molar-refractivity contribution in [2.24, 2.45) is 40.4 Å².